The van der Waals surface area contributed by atoms with Gasteiger partial charge in [-0.3, -0.25) is 4.79 Å². The fraction of sp³-hybridized carbons (Fsp3) is 0.400. The minimum Gasteiger partial charge on any atom is -0.476 e. The fourth-order valence-electron chi connectivity index (χ4n) is 1.07. The Morgan fingerprint density at radius 2 is 2.25 bits per heavy atom. The molecule has 8 nitrogen and oxygen atoms in total. The van der Waals surface area contributed by atoms with Gasteiger partial charge in [-0.25, -0.2) is 4.79 Å². The first-order valence-corrected chi connectivity index (χ1v) is 6.89. The van der Waals surface area contributed by atoms with Gasteiger partial charge in [-0.2, -0.15) is 9.72 Å². The van der Waals surface area contributed by atoms with Crippen molar-refractivity contribution in [1.82, 2.24) is 4.73 Å². The molecular formula is C10H12ClN3O5S. The number of halogens is 1. The van der Waals surface area contributed by atoms with Gasteiger partial charge >= 0.3 is 5.97 Å². The summed E-state index contributed by atoms with van der Waals surface area (Å²) < 4.78 is 0.456. The van der Waals surface area contributed by atoms with Crippen molar-refractivity contribution in [2.75, 3.05) is 12.5 Å². The monoisotopic (exact) mass is 321 g/mol. The molecule has 0 saturated heterocycles. The molecule has 1 rings (SSSR count). The molecule has 0 aliphatic carbocycles. The zero-order valence-corrected chi connectivity index (χ0v) is 12.0. The number of aliphatic carboxylic acids is 1. The van der Waals surface area contributed by atoms with Gasteiger partial charge in [-0.05, 0) is 6.42 Å². The quantitative estimate of drug-likeness (QED) is 0.263. The highest BCUT2D eigenvalue weighted by molar-refractivity contribution is 7.07. The van der Waals surface area contributed by atoms with Crippen molar-refractivity contribution in [2.24, 2.45) is 10.1 Å². The Balaban J connectivity index is 3.17. The molecule has 0 aliphatic heterocycles. The van der Waals surface area contributed by atoms with E-state index < -0.39 is 17.6 Å². The summed E-state index contributed by atoms with van der Waals surface area (Å²) in [5, 5.41) is 23.6. The average Bonchev–Trinajstić information content (AvgIpc) is 2.76. The highest BCUT2D eigenvalue weighted by Crippen LogP contribution is 2.04. The van der Waals surface area contributed by atoms with Crippen LogP contribution in [0.1, 0.15) is 19.0 Å². The van der Waals surface area contributed by atoms with Crippen LogP contribution >= 0.6 is 22.9 Å². The van der Waals surface area contributed by atoms with E-state index in [0.29, 0.717) is 11.2 Å². The van der Waals surface area contributed by atoms with E-state index in [2.05, 4.69) is 10.1 Å². The number of amides is 1. The third-order valence-corrected chi connectivity index (χ3v) is 2.96. The number of alkyl halides is 1. The number of carboxylic acids is 1. The van der Waals surface area contributed by atoms with Gasteiger partial charge < -0.3 is 15.2 Å². The zero-order chi connectivity index (χ0) is 15.1. The number of hydrogen-bond acceptors (Lipinski definition) is 6. The van der Waals surface area contributed by atoms with E-state index in [1.54, 1.807) is 0 Å². The first-order chi connectivity index (χ1) is 9.51. The molecule has 1 aromatic heterocycles. The molecule has 10 heteroatoms. The second kappa shape index (κ2) is 7.65. The molecule has 0 fully saturated rings. The van der Waals surface area contributed by atoms with Crippen molar-refractivity contribution in [3.05, 3.63) is 15.9 Å². The summed E-state index contributed by atoms with van der Waals surface area (Å²) >= 11 is 6.16. The number of rotatable bonds is 6. The number of aromatic nitrogens is 1. The molecule has 20 heavy (non-hydrogen) atoms. The number of oxime groups is 1. The Morgan fingerprint density at radius 1 is 1.55 bits per heavy atom. The normalized spacial score (nSPS) is 12.5. The molecular weight excluding hydrogens is 310 g/mol. The number of carboxylic acid groups (broad SMARTS) is 1. The third-order valence-electron chi connectivity index (χ3n) is 1.92. The van der Waals surface area contributed by atoms with Gasteiger partial charge in [0, 0.05) is 5.38 Å². The van der Waals surface area contributed by atoms with Gasteiger partial charge in [0.25, 0.3) is 5.91 Å². The van der Waals surface area contributed by atoms with E-state index in [1.165, 1.54) is 5.38 Å². The van der Waals surface area contributed by atoms with Gasteiger partial charge in [0.1, 0.15) is 18.2 Å². The van der Waals surface area contributed by atoms with Crippen LogP contribution in [0.5, 0.6) is 0 Å². The Hall–Kier alpha value is -1.87. The lowest BCUT2D eigenvalue weighted by Gasteiger charge is -2.01. The van der Waals surface area contributed by atoms with Crippen LogP contribution in [-0.2, 0) is 14.4 Å². The Bertz CT molecular complexity index is 592. The van der Waals surface area contributed by atoms with Crippen molar-refractivity contribution in [1.29, 1.82) is 0 Å². The van der Waals surface area contributed by atoms with Crippen LogP contribution in [0.4, 0.5) is 0 Å². The average molecular weight is 322 g/mol. The van der Waals surface area contributed by atoms with Crippen molar-refractivity contribution >= 4 is 40.5 Å². The van der Waals surface area contributed by atoms with E-state index in [9.17, 15) is 14.8 Å². The SMILES string of the molecule is CCCO/N=C(\C(=O)O)c1csc(=NC(=O)CCl)n1O. The highest BCUT2D eigenvalue weighted by atomic mass is 35.5. The Morgan fingerprint density at radius 3 is 2.80 bits per heavy atom. The predicted octanol–water partition coefficient (Wildman–Crippen LogP) is 0.668. The molecule has 0 radical (unpaired) electrons. The topological polar surface area (TPSA) is 113 Å². The molecule has 0 aliphatic rings. The van der Waals surface area contributed by atoms with Crippen molar-refractivity contribution in [3.63, 3.8) is 0 Å². The number of nitrogens with zero attached hydrogens (tertiary/aromatic N) is 3. The number of hydrogen-bond donors (Lipinski definition) is 2. The van der Waals surface area contributed by atoms with E-state index in [0.717, 1.165) is 11.3 Å². The van der Waals surface area contributed by atoms with Crippen molar-refractivity contribution in [2.45, 2.75) is 13.3 Å². The van der Waals surface area contributed by atoms with E-state index in [-0.39, 0.29) is 23.0 Å². The maximum Gasteiger partial charge on any atom is 0.360 e. The van der Waals surface area contributed by atoms with Gasteiger partial charge in [-0.1, -0.05) is 12.1 Å². The van der Waals surface area contributed by atoms with Crippen LogP contribution in [-0.4, -0.2) is 45.1 Å². The lowest BCUT2D eigenvalue weighted by molar-refractivity contribution is -0.129. The Labute approximate surface area is 122 Å². The van der Waals surface area contributed by atoms with Gasteiger partial charge in [0.2, 0.25) is 10.5 Å². The molecule has 0 aromatic carbocycles. The molecule has 2 N–H and O–H groups in total. The third kappa shape index (κ3) is 4.07. The second-order valence-corrected chi connectivity index (χ2v) is 4.54. The summed E-state index contributed by atoms with van der Waals surface area (Å²) in [6.45, 7) is 2.08. The van der Waals surface area contributed by atoms with Crippen LogP contribution < -0.4 is 4.80 Å². The van der Waals surface area contributed by atoms with E-state index in [1.807, 2.05) is 6.92 Å². The van der Waals surface area contributed by atoms with Crippen LogP contribution in [0.15, 0.2) is 15.5 Å². The first kappa shape index (κ1) is 16.2. The van der Waals surface area contributed by atoms with Crippen LogP contribution in [0, 0.1) is 0 Å². The zero-order valence-electron chi connectivity index (χ0n) is 10.4. The molecule has 1 heterocycles. The fourth-order valence-corrected chi connectivity index (χ4v) is 1.92. The largest absolute Gasteiger partial charge is 0.476 e. The summed E-state index contributed by atoms with van der Waals surface area (Å²) in [5.41, 5.74) is -0.628. The first-order valence-electron chi connectivity index (χ1n) is 5.48. The van der Waals surface area contributed by atoms with Gasteiger partial charge in [-0.15, -0.1) is 22.9 Å². The van der Waals surface area contributed by atoms with Gasteiger partial charge in [0.05, 0.1) is 0 Å². The summed E-state index contributed by atoms with van der Waals surface area (Å²) in [5.74, 6) is -2.37. The molecule has 0 saturated carbocycles. The molecule has 1 amide bonds. The number of thiazole rings is 1. The molecule has 1 aromatic rings. The lowest BCUT2D eigenvalue weighted by Crippen LogP contribution is -2.24. The maximum absolute atomic E-state index is 11.1. The molecule has 0 bridgehead atoms. The second-order valence-electron chi connectivity index (χ2n) is 3.43. The Kier molecular flexibility index (Phi) is 6.19. The maximum atomic E-state index is 11.1. The van der Waals surface area contributed by atoms with Crippen LogP contribution in [0.3, 0.4) is 0 Å². The van der Waals surface area contributed by atoms with Crippen molar-refractivity contribution < 1.29 is 24.7 Å². The van der Waals surface area contributed by atoms with E-state index in [4.69, 9.17) is 21.5 Å². The van der Waals surface area contributed by atoms with Gasteiger partial charge in [0.15, 0.2) is 0 Å². The minimum absolute atomic E-state index is 0.102. The predicted molar refractivity (Wildman–Crippen MR) is 71.2 cm³/mol. The molecule has 0 spiro atoms. The highest BCUT2D eigenvalue weighted by Gasteiger charge is 2.20. The van der Waals surface area contributed by atoms with Crippen LogP contribution in [0.25, 0.3) is 0 Å². The summed E-state index contributed by atoms with van der Waals surface area (Å²) in [6, 6.07) is 0. The molecule has 0 atom stereocenters. The van der Waals surface area contributed by atoms with Crippen molar-refractivity contribution in [3.8, 4) is 0 Å². The number of carbonyl (C=O) groups excluding carboxylic acids is 1. The summed E-state index contributed by atoms with van der Waals surface area (Å²) in [7, 11) is 0. The van der Waals surface area contributed by atoms with Crippen LogP contribution in [0.2, 0.25) is 0 Å². The molecule has 0 unspecified atom stereocenters. The van der Waals surface area contributed by atoms with E-state index >= 15 is 0 Å². The standard InChI is InChI=1S/C10H12ClN3O5S/c1-2-3-19-13-8(9(16)17)6-5-20-10(14(6)18)12-7(15)4-11/h5,18H,2-4H2,1H3,(H,16,17)/b12-10?,13-8-. The smallest absolute Gasteiger partial charge is 0.360 e. The minimum atomic E-state index is -1.38. The lowest BCUT2D eigenvalue weighted by atomic mass is 10.3. The summed E-state index contributed by atoms with van der Waals surface area (Å²) in [4.78, 5) is 30.4. The summed E-state index contributed by atoms with van der Waals surface area (Å²) in [6.07, 6.45) is 0.657. The number of carbonyl (C=O) groups is 2. The molecule has 110 valence electrons.